The fraction of sp³-hybridized carbons (Fsp3) is 0.750. The quantitative estimate of drug-likeness (QED) is 0.815. The Morgan fingerprint density at radius 1 is 1.19 bits per heavy atom. The minimum absolute atomic E-state index is 0.576. The highest BCUT2D eigenvalue weighted by molar-refractivity contribution is 5.32. The van der Waals surface area contributed by atoms with Gasteiger partial charge in [0, 0.05) is 42.9 Å². The Labute approximate surface area is 95.6 Å². The van der Waals surface area contributed by atoms with E-state index >= 15 is 0 Å². The van der Waals surface area contributed by atoms with E-state index in [9.17, 15) is 0 Å². The van der Waals surface area contributed by atoms with Crippen LogP contribution in [0.4, 0.5) is 0 Å². The highest BCUT2D eigenvalue weighted by Gasteiger charge is 2.31. The second-order valence-electron chi connectivity index (χ2n) is 4.87. The predicted molar refractivity (Wildman–Crippen MR) is 61.2 cm³/mol. The minimum atomic E-state index is 0.576. The molecule has 0 amide bonds. The van der Waals surface area contributed by atoms with Gasteiger partial charge in [-0.1, -0.05) is 0 Å². The van der Waals surface area contributed by atoms with Crippen molar-refractivity contribution in [2.24, 2.45) is 5.73 Å². The van der Waals surface area contributed by atoms with Gasteiger partial charge in [0.1, 0.15) is 0 Å². The van der Waals surface area contributed by atoms with Gasteiger partial charge in [0.05, 0.1) is 5.69 Å². The molecule has 1 aromatic rings. The molecule has 0 atom stereocenters. The van der Waals surface area contributed by atoms with Crippen LogP contribution < -0.4 is 5.73 Å². The van der Waals surface area contributed by atoms with Crippen molar-refractivity contribution in [2.45, 2.75) is 44.1 Å². The van der Waals surface area contributed by atoms with E-state index < -0.39 is 0 Å². The summed E-state index contributed by atoms with van der Waals surface area (Å²) in [6.45, 7) is 2.36. The van der Waals surface area contributed by atoms with Crippen LogP contribution in [0.2, 0.25) is 0 Å². The standard InChI is InChI=1S/C12H19N3O/c13-7-10-11(8-1-2-8)14-15-12(10)9-3-5-16-6-4-9/h8-9H,1-7,13H2,(H,14,15). The zero-order chi connectivity index (χ0) is 11.0. The van der Waals surface area contributed by atoms with Crippen molar-refractivity contribution >= 4 is 0 Å². The maximum absolute atomic E-state index is 5.88. The lowest BCUT2D eigenvalue weighted by atomic mass is 9.92. The molecule has 1 aliphatic heterocycles. The number of H-pyrrole nitrogens is 1. The molecule has 0 aromatic carbocycles. The van der Waals surface area contributed by atoms with Crippen molar-refractivity contribution in [2.75, 3.05) is 13.2 Å². The zero-order valence-electron chi connectivity index (χ0n) is 9.54. The van der Waals surface area contributed by atoms with Gasteiger partial charge in [-0.2, -0.15) is 5.10 Å². The molecule has 1 saturated heterocycles. The molecule has 3 N–H and O–H groups in total. The number of aromatic amines is 1. The summed E-state index contributed by atoms with van der Waals surface area (Å²) in [6, 6.07) is 0. The largest absolute Gasteiger partial charge is 0.381 e. The maximum Gasteiger partial charge on any atom is 0.0700 e. The molecule has 1 saturated carbocycles. The first kappa shape index (κ1) is 10.3. The van der Waals surface area contributed by atoms with Crippen LogP contribution in [0.5, 0.6) is 0 Å². The van der Waals surface area contributed by atoms with E-state index in [1.807, 2.05) is 0 Å². The molecule has 0 unspecified atom stereocenters. The normalized spacial score (nSPS) is 22.6. The molecular weight excluding hydrogens is 202 g/mol. The first-order chi connectivity index (χ1) is 7.90. The van der Waals surface area contributed by atoms with Gasteiger partial charge >= 0.3 is 0 Å². The van der Waals surface area contributed by atoms with E-state index in [0.717, 1.165) is 26.1 Å². The van der Waals surface area contributed by atoms with Crippen molar-refractivity contribution < 1.29 is 4.74 Å². The molecular formula is C12H19N3O. The van der Waals surface area contributed by atoms with E-state index in [4.69, 9.17) is 10.5 Å². The van der Waals surface area contributed by atoms with Gasteiger partial charge in [0.2, 0.25) is 0 Å². The van der Waals surface area contributed by atoms with Crippen LogP contribution in [0.25, 0.3) is 0 Å². The smallest absolute Gasteiger partial charge is 0.0700 e. The van der Waals surface area contributed by atoms with Crippen LogP contribution in [-0.2, 0) is 11.3 Å². The van der Waals surface area contributed by atoms with Crippen molar-refractivity contribution in [3.63, 3.8) is 0 Å². The number of rotatable bonds is 3. The first-order valence-electron chi connectivity index (χ1n) is 6.25. The number of nitrogens with two attached hydrogens (primary N) is 1. The molecule has 16 heavy (non-hydrogen) atoms. The van der Waals surface area contributed by atoms with Gasteiger partial charge in [-0.25, -0.2) is 0 Å². The monoisotopic (exact) mass is 221 g/mol. The maximum atomic E-state index is 5.88. The second kappa shape index (κ2) is 4.18. The van der Waals surface area contributed by atoms with E-state index in [2.05, 4.69) is 10.2 Å². The van der Waals surface area contributed by atoms with Crippen molar-refractivity contribution in [3.05, 3.63) is 17.0 Å². The van der Waals surface area contributed by atoms with Gasteiger partial charge in [-0.3, -0.25) is 5.10 Å². The van der Waals surface area contributed by atoms with Crippen LogP contribution in [0, 0.1) is 0 Å². The van der Waals surface area contributed by atoms with Crippen LogP contribution in [-0.4, -0.2) is 23.4 Å². The average molecular weight is 221 g/mol. The lowest BCUT2D eigenvalue weighted by Gasteiger charge is -2.21. The number of nitrogens with zero attached hydrogens (tertiary/aromatic N) is 1. The van der Waals surface area contributed by atoms with Crippen LogP contribution in [0.1, 0.15) is 54.5 Å². The fourth-order valence-electron chi connectivity index (χ4n) is 2.63. The lowest BCUT2D eigenvalue weighted by Crippen LogP contribution is -2.16. The Hall–Kier alpha value is -0.870. The summed E-state index contributed by atoms with van der Waals surface area (Å²) in [5.41, 5.74) is 9.69. The number of aromatic nitrogens is 2. The van der Waals surface area contributed by atoms with Crippen molar-refractivity contribution in [1.29, 1.82) is 0 Å². The molecule has 0 bridgehead atoms. The molecule has 3 rings (SSSR count). The summed E-state index contributed by atoms with van der Waals surface area (Å²) in [7, 11) is 0. The summed E-state index contributed by atoms with van der Waals surface area (Å²) in [5.74, 6) is 1.26. The number of ether oxygens (including phenoxy) is 1. The molecule has 1 aliphatic carbocycles. The number of nitrogens with one attached hydrogen (secondary N) is 1. The zero-order valence-corrected chi connectivity index (χ0v) is 9.54. The second-order valence-corrected chi connectivity index (χ2v) is 4.87. The van der Waals surface area contributed by atoms with Crippen LogP contribution >= 0.6 is 0 Å². The molecule has 4 nitrogen and oxygen atoms in total. The fourth-order valence-corrected chi connectivity index (χ4v) is 2.63. The molecule has 4 heteroatoms. The lowest BCUT2D eigenvalue weighted by molar-refractivity contribution is 0.0843. The summed E-state index contributed by atoms with van der Waals surface area (Å²) in [6.07, 6.45) is 4.76. The molecule has 2 aliphatic rings. The predicted octanol–water partition coefficient (Wildman–Crippen LogP) is 1.64. The molecule has 2 heterocycles. The topological polar surface area (TPSA) is 63.9 Å². The molecule has 88 valence electrons. The number of hydrogen-bond acceptors (Lipinski definition) is 3. The Kier molecular flexibility index (Phi) is 2.69. The van der Waals surface area contributed by atoms with Crippen molar-refractivity contribution in [3.8, 4) is 0 Å². The summed E-state index contributed by atoms with van der Waals surface area (Å²) in [4.78, 5) is 0. The van der Waals surface area contributed by atoms with Gasteiger partial charge in [-0.05, 0) is 25.7 Å². The summed E-state index contributed by atoms with van der Waals surface area (Å²) >= 11 is 0. The van der Waals surface area contributed by atoms with Crippen LogP contribution in [0.3, 0.4) is 0 Å². The summed E-state index contributed by atoms with van der Waals surface area (Å²) < 4.78 is 5.40. The van der Waals surface area contributed by atoms with Crippen molar-refractivity contribution in [1.82, 2.24) is 10.2 Å². The van der Waals surface area contributed by atoms with E-state index in [-0.39, 0.29) is 0 Å². The Bertz CT molecular complexity index is 364. The highest BCUT2D eigenvalue weighted by Crippen LogP contribution is 2.42. The van der Waals surface area contributed by atoms with Gasteiger partial charge in [0.25, 0.3) is 0 Å². The highest BCUT2D eigenvalue weighted by atomic mass is 16.5. The van der Waals surface area contributed by atoms with E-state index in [1.54, 1.807) is 0 Å². The average Bonchev–Trinajstić information content (AvgIpc) is 3.09. The van der Waals surface area contributed by atoms with Gasteiger partial charge in [-0.15, -0.1) is 0 Å². The molecule has 0 radical (unpaired) electrons. The first-order valence-corrected chi connectivity index (χ1v) is 6.25. The third-order valence-corrected chi connectivity index (χ3v) is 3.73. The Morgan fingerprint density at radius 2 is 1.94 bits per heavy atom. The molecule has 0 spiro atoms. The van der Waals surface area contributed by atoms with E-state index in [0.29, 0.717) is 18.4 Å². The van der Waals surface area contributed by atoms with Gasteiger partial charge in [0.15, 0.2) is 0 Å². The molecule has 2 fully saturated rings. The SMILES string of the molecule is NCc1c(C2CC2)n[nH]c1C1CCOCC1. The molecule has 1 aromatic heterocycles. The third kappa shape index (κ3) is 1.76. The van der Waals surface area contributed by atoms with Gasteiger partial charge < -0.3 is 10.5 Å². The van der Waals surface area contributed by atoms with E-state index in [1.165, 1.54) is 29.8 Å². The van der Waals surface area contributed by atoms with Crippen LogP contribution in [0.15, 0.2) is 0 Å². The Balaban J connectivity index is 1.87. The minimum Gasteiger partial charge on any atom is -0.381 e. The number of hydrogen-bond donors (Lipinski definition) is 2. The Morgan fingerprint density at radius 3 is 2.56 bits per heavy atom. The third-order valence-electron chi connectivity index (χ3n) is 3.73. The summed E-state index contributed by atoms with van der Waals surface area (Å²) in [5, 5.41) is 7.71.